The molecule has 0 aliphatic rings. The van der Waals surface area contributed by atoms with Gasteiger partial charge in [-0.1, -0.05) is 23.7 Å². The third-order valence-electron chi connectivity index (χ3n) is 3.85. The standard InChI is InChI=1S/C19H17ClN4O3S/c20-17-6-5-16(19(25)23-12-14-3-1-7-21-10-14)9-18(17)28(26,27)24-13-15-4-2-8-22-11-15/h1-11,24H,12-13H2,(H,23,25). The third kappa shape index (κ3) is 5.13. The van der Waals surface area contributed by atoms with Crippen molar-refractivity contribution < 1.29 is 13.2 Å². The molecular formula is C19H17ClN4O3S. The van der Waals surface area contributed by atoms with Crippen molar-refractivity contribution in [1.82, 2.24) is 20.0 Å². The number of carbonyl (C=O) groups excluding carboxylic acids is 1. The summed E-state index contributed by atoms with van der Waals surface area (Å²) in [5.74, 6) is -0.413. The lowest BCUT2D eigenvalue weighted by Crippen LogP contribution is -2.25. The van der Waals surface area contributed by atoms with Crippen molar-refractivity contribution in [1.29, 1.82) is 0 Å². The lowest BCUT2D eigenvalue weighted by Gasteiger charge is -2.11. The van der Waals surface area contributed by atoms with Crippen LogP contribution in [0.1, 0.15) is 21.5 Å². The molecule has 2 aromatic heterocycles. The average molecular weight is 417 g/mol. The maximum atomic E-state index is 12.6. The Morgan fingerprint density at radius 1 is 0.964 bits per heavy atom. The van der Waals surface area contributed by atoms with E-state index < -0.39 is 15.9 Å². The molecule has 28 heavy (non-hydrogen) atoms. The summed E-state index contributed by atoms with van der Waals surface area (Å²) in [7, 11) is -3.91. The number of benzene rings is 1. The zero-order valence-corrected chi connectivity index (χ0v) is 16.2. The second-order valence-corrected chi connectivity index (χ2v) is 8.02. The molecule has 0 aliphatic heterocycles. The van der Waals surface area contributed by atoms with Crippen LogP contribution in [-0.4, -0.2) is 24.3 Å². The number of sulfonamides is 1. The third-order valence-corrected chi connectivity index (χ3v) is 5.73. The molecule has 3 rings (SSSR count). The molecule has 7 nitrogen and oxygen atoms in total. The first-order valence-electron chi connectivity index (χ1n) is 8.31. The number of halogens is 1. The van der Waals surface area contributed by atoms with Gasteiger partial charge in [0.15, 0.2) is 0 Å². The molecule has 0 bridgehead atoms. The minimum atomic E-state index is -3.91. The number of nitrogens with zero attached hydrogens (tertiary/aromatic N) is 2. The summed E-state index contributed by atoms with van der Waals surface area (Å²) in [5.41, 5.74) is 1.72. The van der Waals surface area contributed by atoms with E-state index in [1.807, 2.05) is 6.07 Å². The summed E-state index contributed by atoms with van der Waals surface area (Å²) in [6.45, 7) is 0.334. The Hall–Kier alpha value is -2.81. The predicted molar refractivity (Wildman–Crippen MR) is 105 cm³/mol. The quantitative estimate of drug-likeness (QED) is 0.616. The van der Waals surface area contributed by atoms with Gasteiger partial charge in [0.25, 0.3) is 5.91 Å². The monoisotopic (exact) mass is 416 g/mol. The average Bonchev–Trinajstić information content (AvgIpc) is 2.72. The predicted octanol–water partition coefficient (Wildman–Crippen LogP) is 2.54. The van der Waals surface area contributed by atoms with Gasteiger partial charge in [0, 0.05) is 43.4 Å². The molecule has 0 aliphatic carbocycles. The lowest BCUT2D eigenvalue weighted by molar-refractivity contribution is 0.0950. The molecule has 0 radical (unpaired) electrons. The first-order valence-corrected chi connectivity index (χ1v) is 10.2. The number of amides is 1. The van der Waals surface area contributed by atoms with Gasteiger partial charge in [-0.25, -0.2) is 13.1 Å². The van der Waals surface area contributed by atoms with Crippen LogP contribution in [0.2, 0.25) is 5.02 Å². The second kappa shape index (κ2) is 8.92. The largest absolute Gasteiger partial charge is 0.348 e. The Bertz CT molecular complexity index is 1060. The second-order valence-electron chi connectivity index (χ2n) is 5.87. The molecule has 1 aromatic carbocycles. The van der Waals surface area contributed by atoms with Crippen LogP contribution in [0.4, 0.5) is 0 Å². The molecule has 0 saturated carbocycles. The number of carbonyl (C=O) groups is 1. The Kier molecular flexibility index (Phi) is 6.35. The fraction of sp³-hybridized carbons (Fsp3) is 0.105. The first kappa shape index (κ1) is 19.9. The number of aromatic nitrogens is 2. The van der Waals surface area contributed by atoms with Crippen molar-refractivity contribution >= 4 is 27.5 Å². The summed E-state index contributed by atoms with van der Waals surface area (Å²) in [6, 6.07) is 11.2. The highest BCUT2D eigenvalue weighted by molar-refractivity contribution is 7.89. The van der Waals surface area contributed by atoms with E-state index in [9.17, 15) is 13.2 Å². The molecule has 1 amide bonds. The molecule has 9 heteroatoms. The maximum absolute atomic E-state index is 12.6. The topological polar surface area (TPSA) is 101 Å². The number of rotatable bonds is 7. The fourth-order valence-corrected chi connectivity index (χ4v) is 3.94. The Labute approximate surface area is 167 Å². The van der Waals surface area contributed by atoms with Gasteiger partial charge in [-0.05, 0) is 41.5 Å². The number of hydrogen-bond donors (Lipinski definition) is 2. The summed E-state index contributed by atoms with van der Waals surface area (Å²) in [5, 5.41) is 2.76. The van der Waals surface area contributed by atoms with Crippen LogP contribution in [0.25, 0.3) is 0 Å². The van der Waals surface area contributed by atoms with Crippen LogP contribution in [0, 0.1) is 0 Å². The van der Waals surface area contributed by atoms with E-state index in [4.69, 9.17) is 11.6 Å². The van der Waals surface area contributed by atoms with Gasteiger partial charge in [-0.2, -0.15) is 0 Å². The van der Waals surface area contributed by atoms with Crippen molar-refractivity contribution in [3.63, 3.8) is 0 Å². The van der Waals surface area contributed by atoms with Crippen molar-refractivity contribution in [2.75, 3.05) is 0 Å². The highest BCUT2D eigenvalue weighted by Crippen LogP contribution is 2.23. The normalized spacial score (nSPS) is 11.2. The van der Waals surface area contributed by atoms with Crippen LogP contribution in [-0.2, 0) is 23.1 Å². The molecule has 0 atom stereocenters. The molecule has 0 fully saturated rings. The van der Waals surface area contributed by atoms with Crippen LogP contribution >= 0.6 is 11.6 Å². The van der Waals surface area contributed by atoms with E-state index in [1.165, 1.54) is 18.2 Å². The molecule has 2 heterocycles. The van der Waals surface area contributed by atoms with E-state index in [1.54, 1.807) is 43.0 Å². The maximum Gasteiger partial charge on any atom is 0.251 e. The van der Waals surface area contributed by atoms with E-state index in [2.05, 4.69) is 20.0 Å². The molecule has 2 N–H and O–H groups in total. The number of hydrogen-bond acceptors (Lipinski definition) is 5. The molecule has 0 unspecified atom stereocenters. The highest BCUT2D eigenvalue weighted by Gasteiger charge is 2.20. The Balaban J connectivity index is 1.73. The highest BCUT2D eigenvalue weighted by atomic mass is 35.5. The SMILES string of the molecule is O=C(NCc1cccnc1)c1ccc(Cl)c(S(=O)(=O)NCc2cccnc2)c1. The molecule has 0 spiro atoms. The van der Waals surface area contributed by atoms with Crippen LogP contribution in [0.3, 0.4) is 0 Å². The summed E-state index contributed by atoms with van der Waals surface area (Å²) < 4.78 is 27.7. The van der Waals surface area contributed by atoms with Crippen molar-refractivity contribution in [2.24, 2.45) is 0 Å². The minimum Gasteiger partial charge on any atom is -0.348 e. The van der Waals surface area contributed by atoms with E-state index in [0.29, 0.717) is 5.56 Å². The molecular weight excluding hydrogens is 400 g/mol. The van der Waals surface area contributed by atoms with Crippen LogP contribution in [0.15, 0.2) is 72.1 Å². The molecule has 0 saturated heterocycles. The number of pyridine rings is 2. The van der Waals surface area contributed by atoms with Crippen molar-refractivity contribution in [2.45, 2.75) is 18.0 Å². The van der Waals surface area contributed by atoms with Crippen molar-refractivity contribution in [3.8, 4) is 0 Å². The smallest absolute Gasteiger partial charge is 0.251 e. The van der Waals surface area contributed by atoms with Gasteiger partial charge in [0.05, 0.1) is 5.02 Å². The van der Waals surface area contributed by atoms with Crippen LogP contribution in [0.5, 0.6) is 0 Å². The van der Waals surface area contributed by atoms with Gasteiger partial charge in [0.2, 0.25) is 10.0 Å². The lowest BCUT2D eigenvalue weighted by atomic mass is 10.2. The Morgan fingerprint density at radius 2 is 1.61 bits per heavy atom. The number of nitrogens with one attached hydrogen (secondary N) is 2. The van der Waals surface area contributed by atoms with Crippen LogP contribution < -0.4 is 10.0 Å². The van der Waals surface area contributed by atoms with E-state index in [0.717, 1.165) is 5.56 Å². The summed E-state index contributed by atoms with van der Waals surface area (Å²) in [4.78, 5) is 20.1. The van der Waals surface area contributed by atoms with Gasteiger partial charge in [-0.15, -0.1) is 0 Å². The summed E-state index contributed by atoms with van der Waals surface area (Å²) in [6.07, 6.45) is 6.44. The van der Waals surface area contributed by atoms with E-state index >= 15 is 0 Å². The minimum absolute atomic E-state index is 0.0301. The Morgan fingerprint density at radius 3 is 2.21 bits per heavy atom. The van der Waals surface area contributed by atoms with Gasteiger partial charge in [-0.3, -0.25) is 14.8 Å². The van der Waals surface area contributed by atoms with Gasteiger partial charge >= 0.3 is 0 Å². The zero-order valence-electron chi connectivity index (χ0n) is 14.7. The van der Waals surface area contributed by atoms with E-state index in [-0.39, 0.29) is 28.6 Å². The van der Waals surface area contributed by atoms with Gasteiger partial charge in [0.1, 0.15) is 4.90 Å². The van der Waals surface area contributed by atoms with Crippen molar-refractivity contribution in [3.05, 3.63) is 89.0 Å². The first-order chi connectivity index (χ1) is 13.5. The fourth-order valence-electron chi connectivity index (χ4n) is 2.40. The van der Waals surface area contributed by atoms with Gasteiger partial charge < -0.3 is 5.32 Å². The zero-order chi connectivity index (χ0) is 20.0. The summed E-state index contributed by atoms with van der Waals surface area (Å²) >= 11 is 6.07. The molecule has 3 aromatic rings. The molecule has 144 valence electrons.